The van der Waals surface area contributed by atoms with Crippen molar-refractivity contribution in [2.45, 2.75) is 71.9 Å². The zero-order chi connectivity index (χ0) is 10.8. The van der Waals surface area contributed by atoms with Crippen molar-refractivity contribution in [3.05, 3.63) is 0 Å². The summed E-state index contributed by atoms with van der Waals surface area (Å²) in [6.07, 6.45) is 5.72. The van der Waals surface area contributed by atoms with Crippen LogP contribution in [0.15, 0.2) is 0 Å². The van der Waals surface area contributed by atoms with Crippen molar-refractivity contribution < 1.29 is 0 Å². The van der Waals surface area contributed by atoms with Gasteiger partial charge in [-0.25, -0.2) is 0 Å². The van der Waals surface area contributed by atoms with Gasteiger partial charge in [-0.15, -0.1) is 0 Å². The number of hydrogen-bond donors (Lipinski definition) is 1. The molecule has 1 aliphatic carbocycles. The molecule has 1 fully saturated rings. The lowest BCUT2D eigenvalue weighted by Crippen LogP contribution is -2.50. The third-order valence-corrected chi connectivity index (χ3v) is 3.98. The predicted molar refractivity (Wildman–Crippen MR) is 63.5 cm³/mol. The highest BCUT2D eigenvalue weighted by atomic mass is 15.0. The topological polar surface area (TPSA) is 12.0 Å². The molecule has 0 aromatic heterocycles. The fourth-order valence-electron chi connectivity index (χ4n) is 2.52. The Balaban J connectivity index is 2.47. The molecular weight excluding hydrogens is 170 g/mol. The lowest BCUT2D eigenvalue weighted by atomic mass is 9.84. The number of hydrogen-bond acceptors (Lipinski definition) is 1. The normalized spacial score (nSPS) is 21.9. The molecule has 0 bridgehead atoms. The van der Waals surface area contributed by atoms with E-state index < -0.39 is 0 Å². The standard InChI is InChI=1S/C13H27N/c1-10(2)11(3)14-13(4,5)12-8-6-7-9-12/h10-12,14H,6-9H2,1-5H3. The van der Waals surface area contributed by atoms with Gasteiger partial charge in [0, 0.05) is 11.6 Å². The van der Waals surface area contributed by atoms with Crippen molar-refractivity contribution in [2.24, 2.45) is 11.8 Å². The SMILES string of the molecule is CC(C)C(C)NC(C)(C)C1CCCC1. The minimum Gasteiger partial charge on any atom is -0.309 e. The van der Waals surface area contributed by atoms with Gasteiger partial charge < -0.3 is 5.32 Å². The summed E-state index contributed by atoms with van der Waals surface area (Å²) in [5, 5.41) is 3.80. The summed E-state index contributed by atoms with van der Waals surface area (Å²) in [5.41, 5.74) is 0.334. The van der Waals surface area contributed by atoms with E-state index in [2.05, 4.69) is 39.9 Å². The Morgan fingerprint density at radius 2 is 1.57 bits per heavy atom. The van der Waals surface area contributed by atoms with Crippen molar-refractivity contribution in [3.63, 3.8) is 0 Å². The molecule has 1 aliphatic rings. The fraction of sp³-hybridized carbons (Fsp3) is 1.00. The van der Waals surface area contributed by atoms with Gasteiger partial charge in [-0.2, -0.15) is 0 Å². The Hall–Kier alpha value is -0.0400. The van der Waals surface area contributed by atoms with Crippen LogP contribution in [-0.4, -0.2) is 11.6 Å². The first-order valence-electron chi connectivity index (χ1n) is 6.21. The van der Waals surface area contributed by atoms with E-state index in [1.165, 1.54) is 25.7 Å². The van der Waals surface area contributed by atoms with Crippen molar-refractivity contribution in [1.29, 1.82) is 0 Å². The maximum absolute atomic E-state index is 3.80. The summed E-state index contributed by atoms with van der Waals surface area (Å²) in [4.78, 5) is 0. The van der Waals surface area contributed by atoms with Gasteiger partial charge in [0.1, 0.15) is 0 Å². The first-order valence-corrected chi connectivity index (χ1v) is 6.21. The van der Waals surface area contributed by atoms with Gasteiger partial charge in [0.25, 0.3) is 0 Å². The summed E-state index contributed by atoms with van der Waals surface area (Å²) >= 11 is 0. The van der Waals surface area contributed by atoms with Crippen molar-refractivity contribution >= 4 is 0 Å². The Morgan fingerprint density at radius 3 is 2.00 bits per heavy atom. The zero-order valence-electron chi connectivity index (χ0n) is 10.6. The van der Waals surface area contributed by atoms with Crippen LogP contribution in [-0.2, 0) is 0 Å². The van der Waals surface area contributed by atoms with Crippen molar-refractivity contribution in [3.8, 4) is 0 Å². The molecule has 1 rings (SSSR count). The molecule has 1 saturated carbocycles. The summed E-state index contributed by atoms with van der Waals surface area (Å²) in [7, 11) is 0. The molecule has 1 N–H and O–H groups in total. The minimum absolute atomic E-state index is 0.334. The zero-order valence-corrected chi connectivity index (χ0v) is 10.6. The van der Waals surface area contributed by atoms with E-state index in [1.807, 2.05) is 0 Å². The van der Waals surface area contributed by atoms with E-state index in [4.69, 9.17) is 0 Å². The maximum atomic E-state index is 3.80. The third-order valence-electron chi connectivity index (χ3n) is 3.98. The first kappa shape index (κ1) is 12.0. The van der Waals surface area contributed by atoms with Crippen LogP contribution < -0.4 is 5.32 Å². The van der Waals surface area contributed by atoms with Crippen LogP contribution in [0.5, 0.6) is 0 Å². The van der Waals surface area contributed by atoms with Crippen LogP contribution in [0.3, 0.4) is 0 Å². The maximum Gasteiger partial charge on any atom is 0.0155 e. The van der Waals surface area contributed by atoms with E-state index in [1.54, 1.807) is 0 Å². The molecule has 0 spiro atoms. The second-order valence-electron chi connectivity index (χ2n) is 5.88. The van der Waals surface area contributed by atoms with Gasteiger partial charge in [-0.1, -0.05) is 26.7 Å². The lowest BCUT2D eigenvalue weighted by Gasteiger charge is -2.37. The van der Waals surface area contributed by atoms with E-state index in [-0.39, 0.29) is 0 Å². The van der Waals surface area contributed by atoms with Crippen molar-refractivity contribution in [2.75, 3.05) is 0 Å². The van der Waals surface area contributed by atoms with Crippen LogP contribution >= 0.6 is 0 Å². The van der Waals surface area contributed by atoms with E-state index in [0.29, 0.717) is 11.6 Å². The molecule has 0 saturated heterocycles. The number of rotatable bonds is 4. The van der Waals surface area contributed by atoms with E-state index >= 15 is 0 Å². The van der Waals surface area contributed by atoms with E-state index in [9.17, 15) is 0 Å². The molecule has 0 amide bonds. The number of nitrogens with one attached hydrogen (secondary N) is 1. The summed E-state index contributed by atoms with van der Waals surface area (Å²) in [5.74, 6) is 1.62. The van der Waals surface area contributed by atoms with Crippen LogP contribution in [0.1, 0.15) is 60.3 Å². The Bertz CT molecular complexity index is 166. The molecule has 0 radical (unpaired) electrons. The Morgan fingerprint density at radius 1 is 1.07 bits per heavy atom. The van der Waals surface area contributed by atoms with Gasteiger partial charge in [-0.05, 0) is 45.4 Å². The molecule has 14 heavy (non-hydrogen) atoms. The molecule has 0 aromatic rings. The highest BCUT2D eigenvalue weighted by Crippen LogP contribution is 2.34. The molecule has 1 nitrogen and oxygen atoms in total. The summed E-state index contributed by atoms with van der Waals surface area (Å²) in [6.45, 7) is 11.6. The smallest absolute Gasteiger partial charge is 0.0155 e. The van der Waals surface area contributed by atoms with Crippen LogP contribution in [0.4, 0.5) is 0 Å². The second kappa shape index (κ2) is 4.65. The third kappa shape index (κ3) is 2.98. The molecule has 0 heterocycles. The first-order chi connectivity index (χ1) is 6.43. The van der Waals surface area contributed by atoms with Gasteiger partial charge in [0.15, 0.2) is 0 Å². The monoisotopic (exact) mass is 197 g/mol. The van der Waals surface area contributed by atoms with Gasteiger partial charge in [0.2, 0.25) is 0 Å². The van der Waals surface area contributed by atoms with Crippen LogP contribution in [0.2, 0.25) is 0 Å². The molecule has 1 unspecified atom stereocenters. The van der Waals surface area contributed by atoms with Gasteiger partial charge in [-0.3, -0.25) is 0 Å². The van der Waals surface area contributed by atoms with E-state index in [0.717, 1.165) is 11.8 Å². The minimum atomic E-state index is 0.334. The fourth-order valence-corrected chi connectivity index (χ4v) is 2.52. The average molecular weight is 197 g/mol. The predicted octanol–water partition coefficient (Wildman–Crippen LogP) is 3.59. The molecule has 1 heteroatoms. The largest absolute Gasteiger partial charge is 0.309 e. The Kier molecular flexibility index (Phi) is 4.00. The highest BCUT2D eigenvalue weighted by Gasteiger charge is 2.32. The molecular formula is C13H27N. The molecule has 1 atom stereocenters. The highest BCUT2D eigenvalue weighted by molar-refractivity contribution is 4.90. The quantitative estimate of drug-likeness (QED) is 0.726. The molecule has 84 valence electrons. The van der Waals surface area contributed by atoms with Crippen LogP contribution in [0.25, 0.3) is 0 Å². The summed E-state index contributed by atoms with van der Waals surface area (Å²) < 4.78 is 0. The van der Waals surface area contributed by atoms with Crippen molar-refractivity contribution in [1.82, 2.24) is 5.32 Å². The average Bonchev–Trinajstić information content (AvgIpc) is 2.54. The Labute approximate surface area is 89.7 Å². The van der Waals surface area contributed by atoms with Gasteiger partial charge in [0.05, 0.1) is 0 Å². The molecule has 0 aromatic carbocycles. The van der Waals surface area contributed by atoms with Crippen LogP contribution in [0, 0.1) is 11.8 Å². The lowest BCUT2D eigenvalue weighted by molar-refractivity contribution is 0.213. The van der Waals surface area contributed by atoms with Gasteiger partial charge >= 0.3 is 0 Å². The molecule has 0 aliphatic heterocycles. The summed E-state index contributed by atoms with van der Waals surface area (Å²) in [6, 6.07) is 0.630. The second-order valence-corrected chi connectivity index (χ2v) is 5.88.